The molecule has 25 heavy (non-hydrogen) atoms. The van der Waals surface area contributed by atoms with Crippen LogP contribution in [-0.2, 0) is 14.4 Å². The van der Waals surface area contributed by atoms with Gasteiger partial charge in [-0.2, -0.15) is 0 Å². The first-order chi connectivity index (χ1) is 12.1. The van der Waals surface area contributed by atoms with Gasteiger partial charge in [-0.25, -0.2) is 0 Å². The summed E-state index contributed by atoms with van der Waals surface area (Å²) >= 11 is 0. The number of piperazine rings is 1. The Morgan fingerprint density at radius 2 is 1.76 bits per heavy atom. The number of hydrogen-bond donors (Lipinski definition) is 1. The number of hydrogen-bond acceptors (Lipinski definition) is 5. The van der Waals surface area contributed by atoms with Gasteiger partial charge in [-0.3, -0.25) is 14.4 Å². The van der Waals surface area contributed by atoms with E-state index in [1.807, 2.05) is 0 Å². The molecule has 2 rings (SSSR count). The molecule has 1 heterocycles. The highest BCUT2D eigenvalue weighted by molar-refractivity contribution is 5.96. The Morgan fingerprint density at radius 1 is 1.12 bits per heavy atom. The molecular formula is C17H23N3O5. The molecule has 1 saturated heterocycles. The first kappa shape index (κ1) is 18.6. The fourth-order valence-corrected chi connectivity index (χ4v) is 2.42. The predicted molar refractivity (Wildman–Crippen MR) is 90.3 cm³/mol. The van der Waals surface area contributed by atoms with Crippen molar-refractivity contribution in [3.8, 4) is 11.5 Å². The van der Waals surface area contributed by atoms with E-state index in [1.165, 1.54) is 0 Å². The van der Waals surface area contributed by atoms with E-state index in [0.29, 0.717) is 45.1 Å². The molecule has 136 valence electrons. The lowest BCUT2D eigenvalue weighted by Crippen LogP contribution is -2.49. The molecule has 1 fully saturated rings. The third kappa shape index (κ3) is 5.98. The summed E-state index contributed by atoms with van der Waals surface area (Å²) in [5.41, 5.74) is 0. The van der Waals surface area contributed by atoms with Crippen LogP contribution in [0.3, 0.4) is 0 Å². The van der Waals surface area contributed by atoms with E-state index in [2.05, 4.69) is 5.32 Å². The van der Waals surface area contributed by atoms with E-state index in [-0.39, 0.29) is 18.2 Å². The van der Waals surface area contributed by atoms with Gasteiger partial charge in [0.2, 0.25) is 18.2 Å². The van der Waals surface area contributed by atoms with Crippen LogP contribution < -0.4 is 14.8 Å². The molecule has 8 nitrogen and oxygen atoms in total. The number of nitrogens with one attached hydrogen (secondary N) is 1. The topological polar surface area (TPSA) is 88.2 Å². The van der Waals surface area contributed by atoms with E-state index >= 15 is 0 Å². The largest absolute Gasteiger partial charge is 0.497 e. The number of ether oxygens (including phenoxy) is 2. The van der Waals surface area contributed by atoms with Gasteiger partial charge in [-0.1, -0.05) is 0 Å². The number of benzene rings is 1. The van der Waals surface area contributed by atoms with Crippen molar-refractivity contribution in [3.05, 3.63) is 24.3 Å². The minimum Gasteiger partial charge on any atom is -0.497 e. The number of carbonyl (C=O) groups excluding carboxylic acids is 3. The van der Waals surface area contributed by atoms with Crippen LogP contribution in [0.2, 0.25) is 0 Å². The van der Waals surface area contributed by atoms with E-state index in [4.69, 9.17) is 9.47 Å². The predicted octanol–water partition coefficient (Wildman–Crippen LogP) is -0.119. The zero-order valence-corrected chi connectivity index (χ0v) is 14.3. The number of amides is 3. The number of methoxy groups -OCH3 is 1. The van der Waals surface area contributed by atoms with Gasteiger partial charge in [0, 0.05) is 26.2 Å². The highest BCUT2D eigenvalue weighted by Gasteiger charge is 2.21. The number of carbonyl (C=O) groups is 3. The lowest BCUT2D eigenvalue weighted by atomic mass is 10.3. The minimum absolute atomic E-state index is 0.191. The molecule has 1 aliphatic rings. The van der Waals surface area contributed by atoms with E-state index in [9.17, 15) is 14.4 Å². The van der Waals surface area contributed by atoms with Gasteiger partial charge in [-0.15, -0.1) is 0 Å². The molecule has 0 saturated carbocycles. The number of nitrogens with zero attached hydrogens (tertiary/aromatic N) is 2. The summed E-state index contributed by atoms with van der Waals surface area (Å²) in [6.07, 6.45) is 0.584. The highest BCUT2D eigenvalue weighted by atomic mass is 16.5. The monoisotopic (exact) mass is 349 g/mol. The molecule has 1 aromatic rings. The SMILES string of the molecule is COc1ccc(OCCNC(=O)CC(=O)N2CCN(C=O)CC2)cc1. The van der Waals surface area contributed by atoms with Crippen LogP contribution in [0.15, 0.2) is 24.3 Å². The second-order valence-corrected chi connectivity index (χ2v) is 5.57. The quantitative estimate of drug-likeness (QED) is 0.402. The van der Waals surface area contributed by atoms with Crippen LogP contribution in [0.4, 0.5) is 0 Å². The Kier molecular flexibility index (Phi) is 7.06. The van der Waals surface area contributed by atoms with Crippen molar-refractivity contribution >= 4 is 18.2 Å². The van der Waals surface area contributed by atoms with Gasteiger partial charge < -0.3 is 24.6 Å². The van der Waals surface area contributed by atoms with Crippen LogP contribution in [-0.4, -0.2) is 74.5 Å². The van der Waals surface area contributed by atoms with Crippen molar-refractivity contribution in [1.29, 1.82) is 0 Å². The smallest absolute Gasteiger partial charge is 0.232 e. The van der Waals surface area contributed by atoms with Crippen LogP contribution in [0.1, 0.15) is 6.42 Å². The second-order valence-electron chi connectivity index (χ2n) is 5.57. The van der Waals surface area contributed by atoms with Crippen LogP contribution in [0.25, 0.3) is 0 Å². The average Bonchev–Trinajstić information content (AvgIpc) is 2.65. The van der Waals surface area contributed by atoms with E-state index in [0.717, 1.165) is 12.2 Å². The fourth-order valence-electron chi connectivity index (χ4n) is 2.42. The maximum absolute atomic E-state index is 12.0. The molecule has 1 aromatic carbocycles. The fraction of sp³-hybridized carbons (Fsp3) is 0.471. The van der Waals surface area contributed by atoms with Gasteiger partial charge in [0.15, 0.2) is 0 Å². The Balaban J connectivity index is 1.61. The van der Waals surface area contributed by atoms with Crippen LogP contribution in [0.5, 0.6) is 11.5 Å². The van der Waals surface area contributed by atoms with Crippen molar-refractivity contribution < 1.29 is 23.9 Å². The summed E-state index contributed by atoms with van der Waals surface area (Å²) in [4.78, 5) is 37.7. The Morgan fingerprint density at radius 3 is 2.36 bits per heavy atom. The Hall–Kier alpha value is -2.77. The average molecular weight is 349 g/mol. The third-order valence-electron chi connectivity index (χ3n) is 3.88. The van der Waals surface area contributed by atoms with Gasteiger partial charge in [0.05, 0.1) is 13.7 Å². The minimum atomic E-state index is -0.332. The molecule has 0 atom stereocenters. The van der Waals surface area contributed by atoms with Crippen LogP contribution >= 0.6 is 0 Å². The molecule has 1 N–H and O–H groups in total. The molecule has 8 heteroatoms. The first-order valence-corrected chi connectivity index (χ1v) is 8.13. The molecule has 0 radical (unpaired) electrons. The molecule has 1 aliphatic heterocycles. The van der Waals surface area contributed by atoms with E-state index < -0.39 is 0 Å². The zero-order valence-electron chi connectivity index (χ0n) is 14.3. The summed E-state index contributed by atoms with van der Waals surface area (Å²) in [5.74, 6) is 0.868. The summed E-state index contributed by atoms with van der Waals surface area (Å²) in [5, 5.41) is 2.66. The molecule has 0 unspecified atom stereocenters. The molecule has 3 amide bonds. The summed E-state index contributed by atoms with van der Waals surface area (Å²) < 4.78 is 10.6. The zero-order chi connectivity index (χ0) is 18.1. The lowest BCUT2D eigenvalue weighted by Gasteiger charge is -2.32. The first-order valence-electron chi connectivity index (χ1n) is 8.13. The molecule has 0 bridgehead atoms. The molecule has 0 spiro atoms. The summed E-state index contributed by atoms with van der Waals surface area (Å²) in [7, 11) is 1.59. The van der Waals surface area contributed by atoms with Gasteiger partial charge >= 0.3 is 0 Å². The normalized spacial score (nSPS) is 14.0. The second kappa shape index (κ2) is 9.51. The standard InChI is InChI=1S/C17H23N3O5/c1-24-14-2-4-15(5-3-14)25-11-6-18-16(22)12-17(23)20-9-7-19(13-21)8-10-20/h2-5,13H,6-12H2,1H3,(H,18,22). The van der Waals surface area contributed by atoms with Crippen molar-refractivity contribution in [1.82, 2.24) is 15.1 Å². The summed E-state index contributed by atoms with van der Waals surface area (Å²) in [6.45, 7) is 2.57. The lowest BCUT2D eigenvalue weighted by molar-refractivity contribution is -0.139. The van der Waals surface area contributed by atoms with Gasteiger partial charge in [-0.05, 0) is 24.3 Å². The van der Waals surface area contributed by atoms with Gasteiger partial charge in [0.1, 0.15) is 24.5 Å². The van der Waals surface area contributed by atoms with Crippen molar-refractivity contribution in [3.63, 3.8) is 0 Å². The third-order valence-corrected chi connectivity index (χ3v) is 3.88. The molecular weight excluding hydrogens is 326 g/mol. The molecule has 0 aliphatic carbocycles. The number of rotatable bonds is 8. The highest BCUT2D eigenvalue weighted by Crippen LogP contribution is 2.16. The van der Waals surface area contributed by atoms with E-state index in [1.54, 1.807) is 41.2 Å². The Labute approximate surface area is 146 Å². The molecule has 0 aromatic heterocycles. The van der Waals surface area contributed by atoms with Crippen molar-refractivity contribution in [2.75, 3.05) is 46.4 Å². The summed E-state index contributed by atoms with van der Waals surface area (Å²) in [6, 6.07) is 7.14. The Bertz CT molecular complexity index is 582. The van der Waals surface area contributed by atoms with Crippen molar-refractivity contribution in [2.24, 2.45) is 0 Å². The maximum Gasteiger partial charge on any atom is 0.232 e. The van der Waals surface area contributed by atoms with Crippen LogP contribution in [0, 0.1) is 0 Å². The maximum atomic E-state index is 12.0. The van der Waals surface area contributed by atoms with Gasteiger partial charge in [0.25, 0.3) is 0 Å². The van der Waals surface area contributed by atoms with Crippen molar-refractivity contribution in [2.45, 2.75) is 6.42 Å².